The summed E-state index contributed by atoms with van der Waals surface area (Å²) < 4.78 is 41.8. The van der Waals surface area contributed by atoms with Crippen molar-refractivity contribution in [2.75, 3.05) is 19.0 Å². The summed E-state index contributed by atoms with van der Waals surface area (Å²) in [4.78, 5) is 24.4. The van der Waals surface area contributed by atoms with Gasteiger partial charge in [0.1, 0.15) is 6.61 Å². The van der Waals surface area contributed by atoms with Gasteiger partial charge in [-0.2, -0.15) is 0 Å². The Morgan fingerprint density at radius 2 is 1.19 bits per heavy atom. The average Bonchev–Trinajstić information content (AvgIpc) is 2.70. The summed E-state index contributed by atoms with van der Waals surface area (Å²) in [6.07, 6.45) is 11.8. The molecule has 9 heteroatoms. The van der Waals surface area contributed by atoms with Crippen molar-refractivity contribution < 1.29 is 83.4 Å². The number of hydrogen-bond acceptors (Lipinski definition) is 7. The molecule has 0 unspecified atom stereocenters. The Bertz CT molecular complexity index is 750. The van der Waals surface area contributed by atoms with E-state index in [-0.39, 0.29) is 69.1 Å². The molecule has 0 aliphatic heterocycles. The summed E-state index contributed by atoms with van der Waals surface area (Å²) in [5.41, 5.74) is 0.0356. The predicted octanol–water partition coefficient (Wildman–Crippen LogP) is 1.47. The Kier molecular flexibility index (Phi) is 18.0. The Labute approximate surface area is 228 Å². The maximum atomic E-state index is 12.3. The first-order valence-electron chi connectivity index (χ1n) is 10.7. The van der Waals surface area contributed by atoms with E-state index in [1.807, 2.05) is 0 Å². The van der Waals surface area contributed by atoms with Crippen molar-refractivity contribution in [3.05, 3.63) is 35.4 Å². The van der Waals surface area contributed by atoms with Crippen LogP contribution in [0.3, 0.4) is 0 Å². The molecule has 0 saturated carbocycles. The number of carbonyl (C=O) groups excluding carboxylic acids is 2. The van der Waals surface area contributed by atoms with E-state index in [9.17, 15) is 22.6 Å². The third kappa shape index (κ3) is 15.2. The summed E-state index contributed by atoms with van der Waals surface area (Å²) in [5, 5.41) is 0. The first-order chi connectivity index (χ1) is 14.3. The van der Waals surface area contributed by atoms with Gasteiger partial charge in [0.25, 0.3) is 0 Å². The fourth-order valence-electron chi connectivity index (χ4n) is 2.99. The average molecular weight is 481 g/mol. The number of hydrogen-bond donors (Lipinski definition) is 0. The van der Waals surface area contributed by atoms with Gasteiger partial charge in [0.05, 0.1) is 33.6 Å². The maximum absolute atomic E-state index is 12.3. The molecule has 7 nitrogen and oxygen atoms in total. The van der Waals surface area contributed by atoms with Crippen LogP contribution in [-0.4, -0.2) is 43.9 Å². The largest absolute Gasteiger partial charge is 1.00 e. The van der Waals surface area contributed by atoms with Crippen molar-refractivity contribution in [1.29, 1.82) is 0 Å². The van der Waals surface area contributed by atoms with Gasteiger partial charge in [0, 0.05) is 0 Å². The second-order valence-corrected chi connectivity index (χ2v) is 8.78. The number of benzene rings is 1. The van der Waals surface area contributed by atoms with Gasteiger partial charge < -0.3 is 14.0 Å². The predicted molar refractivity (Wildman–Crippen MR) is 113 cm³/mol. The summed E-state index contributed by atoms with van der Waals surface area (Å²) in [6, 6.07) is 5.99. The molecule has 1 aromatic rings. The molecule has 31 heavy (non-hydrogen) atoms. The van der Waals surface area contributed by atoms with Crippen LogP contribution in [0.25, 0.3) is 0 Å². The van der Waals surface area contributed by atoms with Gasteiger partial charge in [-0.05, 0) is 18.6 Å². The van der Waals surface area contributed by atoms with Gasteiger partial charge in [0.15, 0.2) is 0 Å². The first-order valence-corrected chi connectivity index (χ1v) is 12.3. The smallest absolute Gasteiger partial charge is 0.748 e. The van der Waals surface area contributed by atoms with Crippen LogP contribution in [0.15, 0.2) is 24.3 Å². The van der Waals surface area contributed by atoms with Crippen LogP contribution in [0, 0.1) is 0 Å². The molecule has 170 valence electrons. The van der Waals surface area contributed by atoms with E-state index in [1.54, 1.807) is 12.1 Å². The molecule has 1 rings (SSSR count). The Morgan fingerprint density at radius 1 is 0.774 bits per heavy atom. The van der Waals surface area contributed by atoms with Crippen molar-refractivity contribution in [2.24, 2.45) is 0 Å². The zero-order chi connectivity index (χ0) is 22.2. The minimum absolute atomic E-state index is 0. The van der Waals surface area contributed by atoms with Crippen molar-refractivity contribution >= 4 is 22.1 Å². The van der Waals surface area contributed by atoms with E-state index in [0.717, 1.165) is 19.3 Å². The van der Waals surface area contributed by atoms with Crippen molar-refractivity contribution in [3.63, 3.8) is 0 Å². The first kappa shape index (κ1) is 30.7. The van der Waals surface area contributed by atoms with E-state index in [4.69, 9.17) is 9.47 Å². The van der Waals surface area contributed by atoms with Gasteiger partial charge >= 0.3 is 63.3 Å². The summed E-state index contributed by atoms with van der Waals surface area (Å²) in [7, 11) is -4.48. The second kappa shape index (κ2) is 18.2. The van der Waals surface area contributed by atoms with Crippen LogP contribution in [-0.2, 0) is 19.6 Å². The fourth-order valence-corrected chi connectivity index (χ4v) is 3.27. The van der Waals surface area contributed by atoms with Crippen molar-refractivity contribution in [3.8, 4) is 0 Å². The zero-order valence-electron chi connectivity index (χ0n) is 18.8. The van der Waals surface area contributed by atoms with Gasteiger partial charge in [-0.25, -0.2) is 18.0 Å². The minimum atomic E-state index is -4.48. The van der Waals surface area contributed by atoms with E-state index in [0.29, 0.717) is 0 Å². The van der Waals surface area contributed by atoms with E-state index in [1.165, 1.54) is 57.1 Å². The molecule has 0 heterocycles. The van der Waals surface area contributed by atoms with Crippen LogP contribution >= 0.6 is 0 Å². The topological polar surface area (TPSA) is 110 Å². The second-order valence-electron chi connectivity index (χ2n) is 7.26. The molecule has 0 spiro atoms. The number of carbonyl (C=O) groups is 2. The van der Waals surface area contributed by atoms with Gasteiger partial charge in [-0.1, -0.05) is 76.8 Å². The molecule has 0 N–H and O–H groups in total. The maximum Gasteiger partial charge on any atom is 1.00 e. The van der Waals surface area contributed by atoms with Crippen LogP contribution in [0.2, 0.25) is 0 Å². The monoisotopic (exact) mass is 480 g/mol. The quantitative estimate of drug-likeness (QED) is 0.152. The van der Waals surface area contributed by atoms with E-state index in [2.05, 4.69) is 6.92 Å². The third-order valence-corrected chi connectivity index (χ3v) is 5.33. The normalized spacial score (nSPS) is 10.9. The molecule has 0 atom stereocenters. The Hall–Kier alpha value is -0.294. The van der Waals surface area contributed by atoms with E-state index < -0.39 is 34.4 Å². The molecule has 0 fully saturated rings. The molecular formula is C22H33KO7S. The Morgan fingerprint density at radius 3 is 1.65 bits per heavy atom. The molecule has 0 radical (unpaired) electrons. The van der Waals surface area contributed by atoms with Crippen LogP contribution in [0.5, 0.6) is 0 Å². The molecule has 0 aliphatic carbocycles. The number of unbranched alkanes of at least 4 members (excludes halogenated alkanes) is 9. The minimum Gasteiger partial charge on any atom is -0.748 e. The third-order valence-electron chi connectivity index (χ3n) is 4.66. The molecule has 0 bridgehead atoms. The molecule has 0 aromatic heterocycles. The van der Waals surface area contributed by atoms with Crippen molar-refractivity contribution in [1.82, 2.24) is 0 Å². The van der Waals surface area contributed by atoms with Gasteiger partial charge in [-0.3, -0.25) is 0 Å². The molecule has 0 saturated heterocycles. The molecule has 1 aromatic carbocycles. The molecule has 0 amide bonds. The van der Waals surface area contributed by atoms with Gasteiger partial charge in [-0.15, -0.1) is 0 Å². The Balaban J connectivity index is 0.00000900. The summed E-state index contributed by atoms with van der Waals surface area (Å²) in [5.74, 6) is -2.32. The van der Waals surface area contributed by atoms with Crippen molar-refractivity contribution in [2.45, 2.75) is 71.1 Å². The van der Waals surface area contributed by atoms with Crippen LogP contribution in [0.4, 0.5) is 0 Å². The summed E-state index contributed by atoms with van der Waals surface area (Å²) in [6.45, 7) is 1.92. The summed E-state index contributed by atoms with van der Waals surface area (Å²) >= 11 is 0. The molecule has 0 aliphatic rings. The fraction of sp³-hybridized carbons (Fsp3) is 0.636. The number of esters is 2. The SMILES string of the molecule is CCCCCCCCCCCCOC(=O)c1ccccc1C(=O)OCCS(=O)(=O)[O-].[K+]. The van der Waals surface area contributed by atoms with Gasteiger partial charge in [0.2, 0.25) is 0 Å². The van der Waals surface area contributed by atoms with Crippen LogP contribution in [0.1, 0.15) is 91.8 Å². The number of rotatable bonds is 16. The molecular weight excluding hydrogens is 447 g/mol. The number of ether oxygens (including phenoxy) is 2. The standard InChI is InChI=1S/C22H34O7S.K/c1-2-3-4-5-6-7-8-9-10-13-16-28-21(23)19-14-11-12-15-20(19)22(24)29-17-18-30(25,26)27;/h11-12,14-15H,2-10,13,16-18H2,1H3,(H,25,26,27);/q;+1/p-1. The van der Waals surface area contributed by atoms with Crippen LogP contribution < -0.4 is 51.4 Å². The zero-order valence-corrected chi connectivity index (χ0v) is 22.7. The van der Waals surface area contributed by atoms with E-state index >= 15 is 0 Å².